The fourth-order valence-electron chi connectivity index (χ4n) is 3.52. The number of benzene rings is 2. The second kappa shape index (κ2) is 7.53. The largest absolute Gasteiger partial charge is 0.382 e. The minimum absolute atomic E-state index is 0.135. The predicted octanol–water partition coefficient (Wildman–Crippen LogP) is 3.53. The second-order valence-electron chi connectivity index (χ2n) is 6.85. The molecule has 4 rings (SSSR count). The van der Waals surface area contributed by atoms with Gasteiger partial charge >= 0.3 is 0 Å². The molecule has 2 heterocycles. The van der Waals surface area contributed by atoms with E-state index >= 15 is 0 Å². The molecule has 0 bridgehead atoms. The van der Waals surface area contributed by atoms with Crippen molar-refractivity contribution >= 4 is 22.7 Å². The number of nitriles is 2. The molecule has 0 saturated heterocycles. The van der Waals surface area contributed by atoms with Gasteiger partial charge in [0.1, 0.15) is 35.4 Å². The van der Waals surface area contributed by atoms with E-state index in [1.54, 1.807) is 12.1 Å². The highest BCUT2D eigenvalue weighted by molar-refractivity contribution is 5.92. The molecule has 8 nitrogen and oxygen atoms in total. The van der Waals surface area contributed by atoms with E-state index in [2.05, 4.69) is 21.4 Å². The van der Waals surface area contributed by atoms with Gasteiger partial charge in [-0.3, -0.25) is 0 Å². The zero-order chi connectivity index (χ0) is 21.3. The van der Waals surface area contributed by atoms with Crippen molar-refractivity contribution in [1.29, 1.82) is 10.5 Å². The van der Waals surface area contributed by atoms with Crippen LogP contribution in [0.5, 0.6) is 0 Å². The van der Waals surface area contributed by atoms with Gasteiger partial charge in [-0.15, -0.1) is 0 Å². The summed E-state index contributed by atoms with van der Waals surface area (Å²) in [6.45, 7) is 1.95. The van der Waals surface area contributed by atoms with Crippen molar-refractivity contribution in [3.63, 3.8) is 0 Å². The van der Waals surface area contributed by atoms with Crippen LogP contribution in [0.1, 0.15) is 29.9 Å². The van der Waals surface area contributed by atoms with Crippen LogP contribution in [0, 0.1) is 22.7 Å². The van der Waals surface area contributed by atoms with Crippen LogP contribution in [0.3, 0.4) is 0 Å². The molecule has 30 heavy (non-hydrogen) atoms. The Morgan fingerprint density at radius 3 is 2.53 bits per heavy atom. The van der Waals surface area contributed by atoms with Gasteiger partial charge in [-0.1, -0.05) is 24.3 Å². The first-order valence-electron chi connectivity index (χ1n) is 9.26. The lowest BCUT2D eigenvalue weighted by Gasteiger charge is -2.16. The number of nitrogens with zero attached hydrogens (tertiary/aromatic N) is 6. The molecule has 0 amide bonds. The first kappa shape index (κ1) is 18.9. The zero-order valence-corrected chi connectivity index (χ0v) is 16.5. The highest BCUT2D eigenvalue weighted by Crippen LogP contribution is 2.31. The predicted molar refractivity (Wildman–Crippen MR) is 114 cm³/mol. The molecule has 2 aromatic carbocycles. The summed E-state index contributed by atoms with van der Waals surface area (Å²) in [5, 5.41) is 21.6. The monoisotopic (exact) mass is 394 g/mol. The number of nitrogen functional groups attached to an aromatic ring is 1. The number of fused-ring (bicyclic) bond motifs is 1. The number of para-hydroxylation sites is 1. The molecule has 0 saturated carbocycles. The van der Waals surface area contributed by atoms with Crippen LogP contribution in [0.15, 0.2) is 48.8 Å². The number of aryl methyl sites for hydroxylation is 1. The molecule has 8 heteroatoms. The minimum Gasteiger partial charge on any atom is -0.382 e. The van der Waals surface area contributed by atoms with Crippen LogP contribution in [-0.2, 0) is 7.05 Å². The third kappa shape index (κ3) is 3.17. The van der Waals surface area contributed by atoms with Crippen molar-refractivity contribution in [2.24, 2.45) is 7.05 Å². The summed E-state index contributed by atoms with van der Waals surface area (Å²) >= 11 is 0. The van der Waals surface area contributed by atoms with Crippen molar-refractivity contribution in [1.82, 2.24) is 19.5 Å². The van der Waals surface area contributed by atoms with E-state index in [-0.39, 0.29) is 17.4 Å². The van der Waals surface area contributed by atoms with Gasteiger partial charge in [-0.25, -0.2) is 15.0 Å². The van der Waals surface area contributed by atoms with Crippen LogP contribution in [0.25, 0.3) is 22.2 Å². The average Bonchev–Trinajstić information content (AvgIpc) is 3.11. The number of aromatic nitrogens is 4. The second-order valence-corrected chi connectivity index (χ2v) is 6.85. The Hall–Kier alpha value is -4.43. The van der Waals surface area contributed by atoms with Crippen molar-refractivity contribution in [3.8, 4) is 23.3 Å². The third-order valence-corrected chi connectivity index (χ3v) is 4.98. The summed E-state index contributed by atoms with van der Waals surface area (Å²) < 4.78 is 2.02. The van der Waals surface area contributed by atoms with Gasteiger partial charge in [0.25, 0.3) is 0 Å². The normalized spacial score (nSPS) is 11.6. The molecule has 0 aliphatic heterocycles. The third-order valence-electron chi connectivity index (χ3n) is 4.98. The van der Waals surface area contributed by atoms with Gasteiger partial charge in [0.2, 0.25) is 0 Å². The first-order valence-corrected chi connectivity index (χ1v) is 9.26. The van der Waals surface area contributed by atoms with Gasteiger partial charge < -0.3 is 15.6 Å². The molecule has 1 atom stereocenters. The number of hydrogen-bond acceptors (Lipinski definition) is 7. The highest BCUT2D eigenvalue weighted by atomic mass is 15.1. The van der Waals surface area contributed by atoms with E-state index in [1.165, 1.54) is 6.33 Å². The van der Waals surface area contributed by atoms with Gasteiger partial charge in [0.05, 0.1) is 28.7 Å². The molecule has 0 aliphatic rings. The Kier molecular flexibility index (Phi) is 4.75. The quantitative estimate of drug-likeness (QED) is 0.541. The maximum Gasteiger partial charge on any atom is 0.150 e. The molecule has 1 unspecified atom stereocenters. The molecule has 4 aromatic rings. The van der Waals surface area contributed by atoms with Crippen molar-refractivity contribution in [3.05, 3.63) is 65.7 Å². The topological polar surface area (TPSA) is 129 Å². The molecule has 0 aliphatic carbocycles. The number of anilines is 2. The number of nitrogens with one attached hydrogen (secondary N) is 1. The maximum absolute atomic E-state index is 9.36. The smallest absolute Gasteiger partial charge is 0.150 e. The Bertz CT molecular complexity index is 1320. The van der Waals surface area contributed by atoms with Crippen LogP contribution < -0.4 is 11.1 Å². The van der Waals surface area contributed by atoms with E-state index in [1.807, 2.05) is 54.9 Å². The van der Waals surface area contributed by atoms with Crippen LogP contribution in [-0.4, -0.2) is 19.5 Å². The van der Waals surface area contributed by atoms with E-state index < -0.39 is 0 Å². The van der Waals surface area contributed by atoms with E-state index in [4.69, 9.17) is 16.0 Å². The molecule has 2 aromatic heterocycles. The highest BCUT2D eigenvalue weighted by Gasteiger charge is 2.19. The molecular weight excluding hydrogens is 376 g/mol. The lowest BCUT2D eigenvalue weighted by molar-refractivity contribution is 0.730. The molecule has 0 spiro atoms. The average molecular weight is 394 g/mol. The van der Waals surface area contributed by atoms with Gasteiger partial charge in [-0.05, 0) is 30.7 Å². The number of imidazole rings is 1. The van der Waals surface area contributed by atoms with E-state index in [9.17, 15) is 5.26 Å². The zero-order valence-electron chi connectivity index (χ0n) is 16.5. The van der Waals surface area contributed by atoms with E-state index in [0.29, 0.717) is 11.4 Å². The Balaban J connectivity index is 1.76. The maximum atomic E-state index is 9.36. The summed E-state index contributed by atoms with van der Waals surface area (Å²) in [6.07, 6.45) is 1.32. The molecule has 0 fully saturated rings. The van der Waals surface area contributed by atoms with Crippen molar-refractivity contribution in [2.45, 2.75) is 13.0 Å². The van der Waals surface area contributed by atoms with Crippen molar-refractivity contribution in [2.75, 3.05) is 11.1 Å². The molecule has 3 N–H and O–H groups in total. The Morgan fingerprint density at radius 1 is 1.07 bits per heavy atom. The summed E-state index contributed by atoms with van der Waals surface area (Å²) in [6, 6.07) is 17.4. The summed E-state index contributed by atoms with van der Waals surface area (Å²) in [7, 11) is 1.95. The fraction of sp³-hybridized carbons (Fsp3) is 0.136. The number of rotatable bonds is 4. The summed E-state index contributed by atoms with van der Waals surface area (Å²) in [5.74, 6) is 1.29. The molecular formula is C22H18N8. The lowest BCUT2D eigenvalue weighted by atomic mass is 10.0. The minimum atomic E-state index is -0.238. The standard InChI is InChI=1S/C22H18N8/c1-13(28-21-17(11-24)20(25)26-12-27-21)22-29-18-5-3-4-16(19(18)30(22)2)15-8-6-14(10-23)7-9-15/h3-9,12-13H,1-2H3,(H3,25,26,27,28). The summed E-state index contributed by atoms with van der Waals surface area (Å²) in [4.78, 5) is 12.8. The Labute approximate surface area is 173 Å². The number of hydrogen-bond donors (Lipinski definition) is 2. The van der Waals surface area contributed by atoms with Crippen LogP contribution in [0.2, 0.25) is 0 Å². The molecule has 146 valence electrons. The van der Waals surface area contributed by atoms with Gasteiger partial charge in [0.15, 0.2) is 0 Å². The Morgan fingerprint density at radius 2 is 1.83 bits per heavy atom. The van der Waals surface area contributed by atoms with Gasteiger partial charge in [0, 0.05) is 12.6 Å². The lowest BCUT2D eigenvalue weighted by Crippen LogP contribution is -2.14. The number of nitrogens with two attached hydrogens (primary N) is 1. The van der Waals surface area contributed by atoms with Crippen LogP contribution >= 0.6 is 0 Å². The van der Waals surface area contributed by atoms with E-state index in [0.717, 1.165) is 28.0 Å². The van der Waals surface area contributed by atoms with Crippen LogP contribution in [0.4, 0.5) is 11.6 Å². The van der Waals surface area contributed by atoms with Crippen molar-refractivity contribution < 1.29 is 0 Å². The fourth-order valence-corrected chi connectivity index (χ4v) is 3.52. The SMILES string of the molecule is CC(Nc1ncnc(N)c1C#N)c1nc2cccc(-c3ccc(C#N)cc3)c2n1C. The first-order chi connectivity index (χ1) is 14.5. The molecule has 0 radical (unpaired) electrons. The van der Waals surface area contributed by atoms with Gasteiger partial charge in [-0.2, -0.15) is 10.5 Å². The summed E-state index contributed by atoms with van der Waals surface area (Å²) in [5.41, 5.74) is 10.5.